The van der Waals surface area contributed by atoms with Crippen LogP contribution in [0.4, 0.5) is 0 Å². The maximum Gasteiger partial charge on any atom is 2.00 e. The molecule has 15 heteroatoms. The third kappa shape index (κ3) is 128. The van der Waals surface area contributed by atoms with E-state index in [9.17, 15) is 19.2 Å². The average Bonchev–Trinajstić information content (AvgIpc) is 3.63. The normalized spacial score (nSPS) is 10.7. The third-order valence-corrected chi connectivity index (χ3v) is 18.9. The number of hydrogen-bond acceptors (Lipinski definition) is 12. The minimum absolute atomic E-state index is 0. The quantitative estimate of drug-likeness (QED) is 0.0145. The predicted molar refractivity (Wildman–Crippen MR) is 483 cm³/mol. The Labute approximate surface area is 719 Å². The molecule has 0 aromatic heterocycles. The van der Waals surface area contributed by atoms with Crippen molar-refractivity contribution in [3.8, 4) is 0 Å². The summed E-state index contributed by atoms with van der Waals surface area (Å²) < 4.78 is 19.6. The second kappa shape index (κ2) is 120. The topological polar surface area (TPSA) is 105 Å². The number of allylic oxidation sites excluding steroid dienone is 4. The standard InChI is InChI=1S/4C22H42O2S.2CH4.H2S.2Sn/c4*1-2-3-4-5-6-7-8-9-10-11-12-13-14-15-16-17-18-19-22(23)24-20-21-25;;;;;/h4*18-19,25H,2-17,20-21H2,1H3;2*1H4;1H2;;/q;;;;;;;2*+2/p-4/b4*19-18+;;;;;. The summed E-state index contributed by atoms with van der Waals surface area (Å²) in [6.07, 6.45) is 101. The molecule has 0 atom stereocenters. The molecular weight excluding hydrogens is 1610 g/mol. The van der Waals surface area contributed by atoms with Crippen LogP contribution in [-0.4, -0.2) is 121 Å². The van der Waals surface area contributed by atoms with Crippen molar-refractivity contribution in [3.05, 3.63) is 48.6 Å². The van der Waals surface area contributed by atoms with E-state index in [1.807, 2.05) is 24.3 Å². The summed E-state index contributed by atoms with van der Waals surface area (Å²) >= 11 is 18.9. The first-order valence-corrected chi connectivity index (χ1v) is 45.2. The van der Waals surface area contributed by atoms with Crippen LogP contribution < -0.4 is 0 Å². The maximum absolute atomic E-state index is 11.2. The van der Waals surface area contributed by atoms with E-state index in [0.717, 1.165) is 25.7 Å². The Kier molecular flexibility index (Phi) is 141. The molecule has 0 aliphatic rings. The number of hydrogen-bond donors (Lipinski definition) is 0. The zero-order valence-corrected chi connectivity index (χ0v) is 77.9. The Hall–Kier alpha value is 0.187. The fraction of sp³-hybridized carbons (Fsp3) is 0.867. The Balaban J connectivity index is -0.000000165. The molecule has 0 amide bonds. The van der Waals surface area contributed by atoms with Crippen LogP contribution in [-0.2, 0) is 88.6 Å². The average molecular weight is 1780 g/mol. The summed E-state index contributed by atoms with van der Waals surface area (Å²) in [5.74, 6) is 0.849. The second-order valence-electron chi connectivity index (χ2n) is 28.0. The van der Waals surface area contributed by atoms with E-state index in [2.05, 4.69) is 27.7 Å². The Morgan fingerprint density at radius 1 is 0.210 bits per heavy atom. The van der Waals surface area contributed by atoms with Crippen molar-refractivity contribution in [2.75, 3.05) is 49.4 Å². The molecule has 105 heavy (non-hydrogen) atoms. The fourth-order valence-electron chi connectivity index (χ4n) is 12.0. The molecule has 620 valence electrons. The van der Waals surface area contributed by atoms with Crippen molar-refractivity contribution < 1.29 is 38.1 Å². The minimum atomic E-state index is -0.259. The molecule has 0 heterocycles. The van der Waals surface area contributed by atoms with Crippen LogP contribution >= 0.6 is 13.5 Å². The van der Waals surface area contributed by atoms with E-state index in [0.29, 0.717) is 49.4 Å². The van der Waals surface area contributed by atoms with E-state index in [-0.39, 0.29) is 100 Å². The summed E-state index contributed by atoms with van der Waals surface area (Å²) in [4.78, 5) is 44.8. The van der Waals surface area contributed by atoms with Crippen molar-refractivity contribution >= 4 is 136 Å². The monoisotopic (exact) mass is 1780 g/mol. The summed E-state index contributed by atoms with van der Waals surface area (Å²) in [6.45, 7) is 10.5. The third-order valence-electron chi connectivity index (χ3n) is 18.2. The van der Waals surface area contributed by atoms with Crippen LogP contribution in [0.15, 0.2) is 48.6 Å². The largest absolute Gasteiger partial charge is 2.00 e. The van der Waals surface area contributed by atoms with E-state index in [1.165, 1.54) is 410 Å². The molecule has 0 aliphatic heterocycles. The molecule has 8 nitrogen and oxygen atoms in total. The number of ether oxygens (including phenoxy) is 4. The van der Waals surface area contributed by atoms with Crippen molar-refractivity contribution in [2.45, 2.75) is 453 Å². The smallest absolute Gasteiger partial charge is 0.789 e. The van der Waals surface area contributed by atoms with E-state index >= 15 is 0 Å². The van der Waals surface area contributed by atoms with Crippen LogP contribution in [0.5, 0.6) is 0 Å². The van der Waals surface area contributed by atoms with Gasteiger partial charge in [0, 0.05) is 24.3 Å². The number of unbranched alkanes of at least 4 members (excludes halogenated alkanes) is 60. The van der Waals surface area contributed by atoms with Gasteiger partial charge in [-0.3, -0.25) is 0 Å². The van der Waals surface area contributed by atoms with Crippen molar-refractivity contribution in [3.63, 3.8) is 0 Å². The van der Waals surface area contributed by atoms with Crippen LogP contribution in [0, 0.1) is 0 Å². The van der Waals surface area contributed by atoms with Gasteiger partial charge in [-0.1, -0.05) is 426 Å². The van der Waals surface area contributed by atoms with Gasteiger partial charge in [-0.15, -0.1) is 23.0 Å². The van der Waals surface area contributed by atoms with Gasteiger partial charge in [0.2, 0.25) is 0 Å². The summed E-state index contributed by atoms with van der Waals surface area (Å²) in [5, 5.41) is 0. The first-order valence-electron chi connectivity index (χ1n) is 42.9. The minimum Gasteiger partial charge on any atom is -0.789 e. The zero-order chi connectivity index (χ0) is 73.7. The van der Waals surface area contributed by atoms with Crippen LogP contribution in [0.25, 0.3) is 0 Å². The van der Waals surface area contributed by atoms with E-state index < -0.39 is 0 Å². The molecular formula is C90H174O8S5Sn2. The zero-order valence-electron chi connectivity index (χ0n) is 67.9. The fourth-order valence-corrected chi connectivity index (χ4v) is 12.3. The summed E-state index contributed by atoms with van der Waals surface area (Å²) in [5.41, 5.74) is 0. The van der Waals surface area contributed by atoms with E-state index in [4.69, 9.17) is 69.5 Å². The molecule has 0 aliphatic carbocycles. The summed E-state index contributed by atoms with van der Waals surface area (Å²) in [6, 6.07) is 0. The maximum atomic E-state index is 11.2. The molecule has 0 fully saturated rings. The number of carbonyl (C=O) groups excluding carboxylic acids is 4. The van der Waals surface area contributed by atoms with Crippen molar-refractivity contribution in [2.24, 2.45) is 0 Å². The van der Waals surface area contributed by atoms with Crippen molar-refractivity contribution in [1.29, 1.82) is 0 Å². The molecule has 0 saturated carbocycles. The van der Waals surface area contributed by atoms with Gasteiger partial charge in [0.25, 0.3) is 0 Å². The van der Waals surface area contributed by atoms with Gasteiger partial charge in [-0.25, -0.2) is 19.2 Å². The van der Waals surface area contributed by atoms with Crippen LogP contribution in [0.2, 0.25) is 0 Å². The van der Waals surface area contributed by atoms with Crippen molar-refractivity contribution in [1.82, 2.24) is 0 Å². The molecule has 0 aromatic rings. The van der Waals surface area contributed by atoms with Gasteiger partial charge in [0.1, 0.15) is 0 Å². The van der Waals surface area contributed by atoms with Crippen LogP contribution in [0.3, 0.4) is 0 Å². The second-order valence-corrected chi connectivity index (χ2v) is 29.7. The van der Waals surface area contributed by atoms with Crippen LogP contribution in [0.1, 0.15) is 453 Å². The number of carbonyl (C=O) groups is 4. The molecule has 0 N–H and O–H groups in total. The number of rotatable bonds is 76. The van der Waals surface area contributed by atoms with Gasteiger partial charge in [0.05, 0.1) is 26.4 Å². The first kappa shape index (κ1) is 123. The van der Waals surface area contributed by atoms with Gasteiger partial charge < -0.3 is 69.5 Å². The molecule has 0 saturated heterocycles. The van der Waals surface area contributed by atoms with Gasteiger partial charge in [-0.2, -0.15) is 13.5 Å². The number of esters is 4. The molecule has 4 radical (unpaired) electrons. The molecule has 0 rings (SSSR count). The first-order chi connectivity index (χ1) is 49.2. The van der Waals surface area contributed by atoms with E-state index in [1.54, 1.807) is 0 Å². The van der Waals surface area contributed by atoms with Gasteiger partial charge in [0.15, 0.2) is 0 Å². The SMILES string of the molecule is C.C.CCCCCCCCCCCCCCCCC/C=C/C(=O)OCC[S-].CCCCCCCCCCCCCCCCC/C=C/C(=O)OCC[S-].CCCCCCCCCCCCCCCCC/C=C/C(=O)OCC[S-].CCCCCCCCCCCCCCCCC/C=C/C(=O)OCC[S-].S.[Sn+2].[Sn+2]. The Bertz CT molecular complexity index is 1470. The van der Waals surface area contributed by atoms with Gasteiger partial charge in [-0.05, 0) is 51.4 Å². The Morgan fingerprint density at radius 3 is 0.419 bits per heavy atom. The molecule has 0 unspecified atom stereocenters. The molecule has 0 bridgehead atoms. The summed E-state index contributed by atoms with van der Waals surface area (Å²) in [7, 11) is 0. The molecule has 0 aromatic carbocycles. The van der Waals surface area contributed by atoms with Gasteiger partial charge >= 0.3 is 71.7 Å². The Morgan fingerprint density at radius 2 is 0.314 bits per heavy atom. The molecule has 0 spiro atoms. The predicted octanol–water partition coefficient (Wildman–Crippen LogP) is 28.2.